The third-order valence-electron chi connectivity index (χ3n) is 5.15. The Bertz CT molecular complexity index is 1450. The van der Waals surface area contributed by atoms with Crippen LogP contribution >= 0.6 is 0 Å². The molecule has 3 amide bonds. The molecule has 8 heteroatoms. The highest BCUT2D eigenvalue weighted by atomic mass is 16.5. The van der Waals surface area contributed by atoms with E-state index in [1.165, 1.54) is 12.1 Å². The number of fused-ring (bicyclic) bond motifs is 2. The molecule has 0 fully saturated rings. The van der Waals surface area contributed by atoms with E-state index in [0.717, 1.165) is 10.3 Å². The van der Waals surface area contributed by atoms with E-state index in [0.29, 0.717) is 33.8 Å². The third-order valence-corrected chi connectivity index (χ3v) is 5.15. The van der Waals surface area contributed by atoms with Crippen molar-refractivity contribution in [3.8, 4) is 5.75 Å². The van der Waals surface area contributed by atoms with Crippen molar-refractivity contribution in [3.05, 3.63) is 100 Å². The summed E-state index contributed by atoms with van der Waals surface area (Å²) in [4.78, 5) is 50.2. The Kier molecular flexibility index (Phi) is 4.95. The van der Waals surface area contributed by atoms with Gasteiger partial charge in [-0.3, -0.25) is 14.4 Å². The molecule has 0 aliphatic carbocycles. The summed E-state index contributed by atoms with van der Waals surface area (Å²) in [6, 6.07) is 21.0. The van der Waals surface area contributed by atoms with Gasteiger partial charge in [-0.2, -0.15) is 0 Å². The van der Waals surface area contributed by atoms with Crippen LogP contribution in [0.2, 0.25) is 0 Å². The first-order valence-corrected chi connectivity index (χ1v) is 10.0. The molecule has 0 spiro atoms. The van der Waals surface area contributed by atoms with E-state index in [1.54, 1.807) is 66.7 Å². The summed E-state index contributed by atoms with van der Waals surface area (Å²) in [5, 5.41) is 3.42. The van der Waals surface area contributed by atoms with Crippen LogP contribution in [0.3, 0.4) is 0 Å². The van der Waals surface area contributed by atoms with E-state index < -0.39 is 23.3 Å². The van der Waals surface area contributed by atoms with Crippen LogP contribution in [0.4, 0.5) is 11.4 Å². The second-order valence-corrected chi connectivity index (χ2v) is 7.33. The van der Waals surface area contributed by atoms with Crippen molar-refractivity contribution in [2.45, 2.75) is 0 Å². The quantitative estimate of drug-likeness (QED) is 0.375. The maximum absolute atomic E-state index is 12.7. The Morgan fingerprint density at radius 3 is 2.33 bits per heavy atom. The summed E-state index contributed by atoms with van der Waals surface area (Å²) in [5.74, 6) is -0.897. The Hall–Kier alpha value is -4.72. The minimum atomic E-state index is -0.477. The number of benzene rings is 3. The van der Waals surface area contributed by atoms with Crippen molar-refractivity contribution in [3.63, 3.8) is 0 Å². The smallest absolute Gasteiger partial charge is 0.336 e. The van der Waals surface area contributed by atoms with Gasteiger partial charge in [0.1, 0.15) is 11.3 Å². The maximum Gasteiger partial charge on any atom is 0.336 e. The van der Waals surface area contributed by atoms with Gasteiger partial charge < -0.3 is 14.5 Å². The van der Waals surface area contributed by atoms with Gasteiger partial charge in [-0.15, -0.1) is 0 Å². The second-order valence-electron chi connectivity index (χ2n) is 7.33. The number of nitrogens with one attached hydrogen (secondary N) is 1. The number of nitrogens with zero attached hydrogens (tertiary/aromatic N) is 1. The molecule has 0 atom stereocenters. The standard InChI is InChI=1S/C25H16N2O6/c28-22(14-32-18-10-8-15-9-11-23(29)33-21(15)13-18)26-16-4-3-5-17(12-16)27-24(30)19-6-1-2-7-20(19)25(27)31/h1-13H,14H2,(H,26,28). The molecule has 162 valence electrons. The van der Waals surface area contributed by atoms with Crippen molar-refractivity contribution < 1.29 is 23.5 Å². The molecule has 0 unspecified atom stereocenters. The maximum atomic E-state index is 12.7. The Morgan fingerprint density at radius 1 is 0.848 bits per heavy atom. The van der Waals surface area contributed by atoms with Crippen LogP contribution in [0.15, 0.2) is 88.1 Å². The molecule has 1 aromatic heterocycles. The van der Waals surface area contributed by atoms with Crippen molar-refractivity contribution in [1.29, 1.82) is 0 Å². The van der Waals surface area contributed by atoms with Crippen molar-refractivity contribution in [2.75, 3.05) is 16.8 Å². The third kappa shape index (κ3) is 3.85. The average Bonchev–Trinajstić information content (AvgIpc) is 3.07. The number of ether oxygens (including phenoxy) is 1. The molecule has 0 bridgehead atoms. The predicted molar refractivity (Wildman–Crippen MR) is 121 cm³/mol. The molecule has 0 saturated heterocycles. The number of hydrogen-bond acceptors (Lipinski definition) is 6. The first kappa shape index (κ1) is 20.2. The predicted octanol–water partition coefficient (Wildman–Crippen LogP) is 3.61. The summed E-state index contributed by atoms with van der Waals surface area (Å²) >= 11 is 0. The number of anilines is 2. The van der Waals surface area contributed by atoms with E-state index >= 15 is 0 Å². The number of carbonyl (C=O) groups is 3. The van der Waals surface area contributed by atoms with Crippen LogP contribution in [0.25, 0.3) is 11.0 Å². The molecule has 0 saturated carbocycles. The fourth-order valence-electron chi connectivity index (χ4n) is 3.62. The van der Waals surface area contributed by atoms with Gasteiger partial charge in [-0.05, 0) is 48.5 Å². The number of amides is 3. The largest absolute Gasteiger partial charge is 0.484 e. The van der Waals surface area contributed by atoms with Crippen molar-refractivity contribution >= 4 is 40.1 Å². The first-order valence-electron chi connectivity index (χ1n) is 10.0. The first-order chi connectivity index (χ1) is 16.0. The van der Waals surface area contributed by atoms with Gasteiger partial charge in [-0.25, -0.2) is 9.69 Å². The molecule has 0 radical (unpaired) electrons. The fraction of sp³-hybridized carbons (Fsp3) is 0.0400. The van der Waals surface area contributed by atoms with Crippen LogP contribution in [-0.4, -0.2) is 24.3 Å². The molecule has 3 aromatic carbocycles. The molecule has 1 aliphatic heterocycles. The van der Waals surface area contributed by atoms with Crippen molar-refractivity contribution in [2.24, 2.45) is 0 Å². The Morgan fingerprint density at radius 2 is 1.58 bits per heavy atom. The Balaban J connectivity index is 1.27. The summed E-state index contributed by atoms with van der Waals surface area (Å²) in [5.41, 5.74) is 1.32. The molecule has 2 heterocycles. The molecule has 1 N–H and O–H groups in total. The fourth-order valence-corrected chi connectivity index (χ4v) is 3.62. The van der Waals surface area contributed by atoms with E-state index in [2.05, 4.69) is 5.32 Å². The zero-order chi connectivity index (χ0) is 22.9. The SMILES string of the molecule is O=C(COc1ccc2ccc(=O)oc2c1)Nc1cccc(N2C(=O)c3ccccc3C2=O)c1. The topological polar surface area (TPSA) is 106 Å². The van der Waals surface area contributed by atoms with E-state index in [1.807, 2.05) is 0 Å². The zero-order valence-corrected chi connectivity index (χ0v) is 17.1. The van der Waals surface area contributed by atoms with Gasteiger partial charge in [0.15, 0.2) is 6.61 Å². The molecule has 8 nitrogen and oxygen atoms in total. The monoisotopic (exact) mass is 440 g/mol. The van der Waals surface area contributed by atoms with Gasteiger partial charge in [-0.1, -0.05) is 18.2 Å². The highest BCUT2D eigenvalue weighted by Gasteiger charge is 2.36. The number of carbonyl (C=O) groups excluding carboxylic acids is 3. The van der Waals surface area contributed by atoms with Gasteiger partial charge in [0, 0.05) is 23.2 Å². The molecule has 33 heavy (non-hydrogen) atoms. The highest BCUT2D eigenvalue weighted by molar-refractivity contribution is 6.34. The Labute approximate surface area is 187 Å². The van der Waals surface area contributed by atoms with Gasteiger partial charge in [0.2, 0.25) is 0 Å². The lowest BCUT2D eigenvalue weighted by Gasteiger charge is -2.15. The summed E-state index contributed by atoms with van der Waals surface area (Å²) in [6.07, 6.45) is 0. The van der Waals surface area contributed by atoms with Gasteiger partial charge in [0.25, 0.3) is 17.7 Å². The van der Waals surface area contributed by atoms with Crippen LogP contribution in [0.1, 0.15) is 20.7 Å². The van der Waals surface area contributed by atoms with Crippen molar-refractivity contribution in [1.82, 2.24) is 0 Å². The lowest BCUT2D eigenvalue weighted by atomic mass is 10.1. The molecular weight excluding hydrogens is 424 g/mol. The zero-order valence-electron chi connectivity index (χ0n) is 17.1. The van der Waals surface area contributed by atoms with Gasteiger partial charge in [0.05, 0.1) is 16.8 Å². The van der Waals surface area contributed by atoms with E-state index in [4.69, 9.17) is 9.15 Å². The van der Waals surface area contributed by atoms with Crippen LogP contribution in [0.5, 0.6) is 5.75 Å². The lowest BCUT2D eigenvalue weighted by molar-refractivity contribution is -0.118. The number of imide groups is 1. The van der Waals surface area contributed by atoms with Crippen LogP contribution < -0.4 is 20.6 Å². The minimum Gasteiger partial charge on any atom is -0.484 e. The minimum absolute atomic E-state index is 0.292. The van der Waals surface area contributed by atoms with Crippen LogP contribution in [-0.2, 0) is 4.79 Å². The molecular formula is C25H16N2O6. The highest BCUT2D eigenvalue weighted by Crippen LogP contribution is 2.29. The summed E-state index contributed by atoms with van der Waals surface area (Å²) in [7, 11) is 0. The average molecular weight is 440 g/mol. The number of rotatable bonds is 5. The normalized spacial score (nSPS) is 12.7. The van der Waals surface area contributed by atoms with Gasteiger partial charge >= 0.3 is 5.63 Å². The van der Waals surface area contributed by atoms with E-state index in [9.17, 15) is 19.2 Å². The lowest BCUT2D eigenvalue weighted by Crippen LogP contribution is -2.29. The molecule has 5 rings (SSSR count). The summed E-state index contributed by atoms with van der Waals surface area (Å²) in [6.45, 7) is -0.292. The molecule has 4 aromatic rings. The van der Waals surface area contributed by atoms with Crippen LogP contribution in [0, 0.1) is 0 Å². The molecule has 1 aliphatic rings. The number of hydrogen-bond donors (Lipinski definition) is 1. The second kappa shape index (κ2) is 8.08. The summed E-state index contributed by atoms with van der Waals surface area (Å²) < 4.78 is 10.6. The van der Waals surface area contributed by atoms with E-state index in [-0.39, 0.29) is 6.61 Å².